The fourth-order valence-electron chi connectivity index (χ4n) is 1.62. The first-order valence-electron chi connectivity index (χ1n) is 6.30. The minimum Gasteiger partial charge on any atom is -0.138 e. The average molecular weight is 210 g/mol. The Labute approximate surface area is 93.1 Å². The van der Waals surface area contributed by atoms with E-state index in [9.17, 15) is 0 Å². The van der Waals surface area contributed by atoms with E-state index in [1.165, 1.54) is 38.5 Å². The molecule has 1 rings (SSSR count). The van der Waals surface area contributed by atoms with E-state index in [1.54, 1.807) is 0 Å². The van der Waals surface area contributed by atoms with Crippen molar-refractivity contribution >= 4 is 0 Å². The summed E-state index contributed by atoms with van der Waals surface area (Å²) >= 11 is 0. The molecular formula is C12H24N3+. The zero-order valence-electron chi connectivity index (χ0n) is 10.2. The number of rotatable bonds is 8. The molecule has 0 aliphatic heterocycles. The van der Waals surface area contributed by atoms with Gasteiger partial charge >= 0.3 is 0 Å². The van der Waals surface area contributed by atoms with Crippen LogP contribution >= 0.6 is 0 Å². The van der Waals surface area contributed by atoms with E-state index in [1.807, 2.05) is 4.68 Å². The van der Waals surface area contributed by atoms with Crippen LogP contribution in [-0.2, 0) is 13.1 Å². The molecule has 0 aliphatic rings. The van der Waals surface area contributed by atoms with E-state index in [2.05, 4.69) is 36.1 Å². The second-order valence-corrected chi connectivity index (χ2v) is 4.13. The lowest BCUT2D eigenvalue weighted by molar-refractivity contribution is -0.755. The first-order chi connectivity index (χ1) is 7.36. The Morgan fingerprint density at radius 1 is 1.07 bits per heavy atom. The molecule has 1 heterocycles. The minimum absolute atomic E-state index is 1.05. The molecule has 15 heavy (non-hydrogen) atoms. The summed E-state index contributed by atoms with van der Waals surface area (Å²) in [5.74, 6) is 0. The van der Waals surface area contributed by atoms with E-state index in [0.717, 1.165) is 13.1 Å². The molecule has 0 amide bonds. The van der Waals surface area contributed by atoms with E-state index >= 15 is 0 Å². The monoisotopic (exact) mass is 210 g/mol. The van der Waals surface area contributed by atoms with E-state index in [0.29, 0.717) is 0 Å². The molecule has 1 aromatic rings. The molecule has 3 nitrogen and oxygen atoms in total. The lowest BCUT2D eigenvalue weighted by Gasteiger charge is -1.94. The molecule has 1 aromatic heterocycles. The lowest BCUT2D eigenvalue weighted by atomic mass is 10.2. The Morgan fingerprint density at radius 2 is 1.87 bits per heavy atom. The maximum absolute atomic E-state index is 4.48. The Bertz CT molecular complexity index is 255. The molecule has 0 fully saturated rings. The smallest absolute Gasteiger partial charge is 0.138 e. The summed E-state index contributed by atoms with van der Waals surface area (Å²) in [6, 6.07) is 0. The number of hydrogen-bond acceptors (Lipinski definition) is 1. The Hall–Kier alpha value is -0.860. The van der Waals surface area contributed by atoms with Crippen molar-refractivity contribution in [1.29, 1.82) is 0 Å². The Morgan fingerprint density at radius 3 is 2.60 bits per heavy atom. The van der Waals surface area contributed by atoms with Gasteiger partial charge in [0.25, 0.3) is 0 Å². The van der Waals surface area contributed by atoms with Crippen molar-refractivity contribution in [3.05, 3.63) is 12.4 Å². The highest BCUT2D eigenvalue weighted by molar-refractivity contribution is 4.57. The summed E-state index contributed by atoms with van der Waals surface area (Å²) in [7, 11) is 0. The number of nitrogens with zero attached hydrogens (tertiary/aromatic N) is 3. The van der Waals surface area contributed by atoms with E-state index in [4.69, 9.17) is 0 Å². The highest BCUT2D eigenvalue weighted by Crippen LogP contribution is 1.98. The molecule has 0 bridgehead atoms. The summed E-state index contributed by atoms with van der Waals surface area (Å²) in [4.78, 5) is 0. The highest BCUT2D eigenvalue weighted by Gasteiger charge is 2.04. The van der Waals surface area contributed by atoms with Gasteiger partial charge in [0.15, 0.2) is 12.4 Å². The number of unbranched alkanes of at least 4 members (excludes halogenated alkanes) is 4. The van der Waals surface area contributed by atoms with Crippen molar-refractivity contribution < 1.29 is 4.68 Å². The average Bonchev–Trinajstić information content (AvgIpc) is 2.69. The third-order valence-electron chi connectivity index (χ3n) is 2.62. The van der Waals surface area contributed by atoms with Gasteiger partial charge < -0.3 is 0 Å². The highest BCUT2D eigenvalue weighted by atomic mass is 15.5. The Balaban J connectivity index is 2.20. The van der Waals surface area contributed by atoms with Crippen LogP contribution in [0.25, 0.3) is 0 Å². The molecule has 3 heteroatoms. The van der Waals surface area contributed by atoms with Gasteiger partial charge in [-0.25, -0.2) is 0 Å². The molecule has 86 valence electrons. The van der Waals surface area contributed by atoms with Crippen molar-refractivity contribution in [2.24, 2.45) is 0 Å². The summed E-state index contributed by atoms with van der Waals surface area (Å²) < 4.78 is 4.11. The van der Waals surface area contributed by atoms with Gasteiger partial charge in [0.2, 0.25) is 0 Å². The predicted octanol–water partition coefficient (Wildman–Crippen LogP) is 2.55. The summed E-state index contributed by atoms with van der Waals surface area (Å²) in [5, 5.41) is 4.48. The van der Waals surface area contributed by atoms with Crippen LogP contribution in [0.5, 0.6) is 0 Å². The van der Waals surface area contributed by atoms with Crippen LogP contribution in [0, 0.1) is 0 Å². The first-order valence-corrected chi connectivity index (χ1v) is 6.30. The second-order valence-electron chi connectivity index (χ2n) is 4.13. The number of hydrogen-bond donors (Lipinski definition) is 0. The number of aromatic nitrogens is 3. The third-order valence-corrected chi connectivity index (χ3v) is 2.62. The molecule has 0 saturated heterocycles. The fraction of sp³-hybridized carbons (Fsp3) is 0.833. The van der Waals surface area contributed by atoms with E-state index < -0.39 is 0 Å². The van der Waals surface area contributed by atoms with Crippen molar-refractivity contribution in [2.75, 3.05) is 0 Å². The molecule has 0 saturated carbocycles. The van der Waals surface area contributed by atoms with Crippen LogP contribution in [0.1, 0.15) is 52.4 Å². The Kier molecular flexibility index (Phi) is 6.05. The van der Waals surface area contributed by atoms with Gasteiger partial charge in [-0.3, -0.25) is 0 Å². The molecule has 0 atom stereocenters. The van der Waals surface area contributed by atoms with Crippen LogP contribution in [0.15, 0.2) is 12.4 Å². The first kappa shape index (κ1) is 12.2. The van der Waals surface area contributed by atoms with Crippen molar-refractivity contribution in [1.82, 2.24) is 9.90 Å². The van der Waals surface area contributed by atoms with Crippen LogP contribution in [0.4, 0.5) is 0 Å². The standard InChI is InChI=1S/C12H24N3/c1-3-5-7-8-10-15-12-11-14(13-15)9-6-4-2/h11-12H,3-10H2,1-2H3/q+1. The van der Waals surface area contributed by atoms with Crippen molar-refractivity contribution in [2.45, 2.75) is 65.5 Å². The maximum atomic E-state index is 4.48. The molecule has 0 radical (unpaired) electrons. The molecule has 0 aliphatic carbocycles. The summed E-state index contributed by atoms with van der Waals surface area (Å²) in [6.07, 6.45) is 11.8. The lowest BCUT2D eigenvalue weighted by Crippen LogP contribution is -2.36. The third kappa shape index (κ3) is 4.96. The second kappa shape index (κ2) is 7.43. The summed E-state index contributed by atoms with van der Waals surface area (Å²) in [6.45, 7) is 6.58. The molecule has 0 spiro atoms. The molecule has 0 aromatic carbocycles. The van der Waals surface area contributed by atoms with Gasteiger partial charge in [-0.2, -0.15) is 0 Å². The fourth-order valence-corrected chi connectivity index (χ4v) is 1.62. The quantitative estimate of drug-likeness (QED) is 0.477. The van der Waals surface area contributed by atoms with E-state index in [-0.39, 0.29) is 0 Å². The van der Waals surface area contributed by atoms with Crippen molar-refractivity contribution in [3.8, 4) is 0 Å². The zero-order valence-corrected chi connectivity index (χ0v) is 10.2. The van der Waals surface area contributed by atoms with Crippen LogP contribution < -0.4 is 4.68 Å². The van der Waals surface area contributed by atoms with Gasteiger partial charge in [0, 0.05) is 0 Å². The topological polar surface area (TPSA) is 21.7 Å². The summed E-state index contributed by atoms with van der Waals surface area (Å²) in [5.41, 5.74) is 0. The normalized spacial score (nSPS) is 10.8. The van der Waals surface area contributed by atoms with Crippen molar-refractivity contribution in [3.63, 3.8) is 0 Å². The van der Waals surface area contributed by atoms with Crippen LogP contribution in [0.3, 0.4) is 0 Å². The molecule has 0 unspecified atom stereocenters. The maximum Gasteiger partial charge on any atom is 0.155 e. The minimum atomic E-state index is 1.05. The molecular weight excluding hydrogens is 186 g/mol. The largest absolute Gasteiger partial charge is 0.155 e. The number of aryl methyl sites for hydroxylation is 2. The van der Waals surface area contributed by atoms with Gasteiger partial charge in [0.05, 0.1) is 5.21 Å². The van der Waals surface area contributed by atoms with Gasteiger partial charge in [0.1, 0.15) is 13.1 Å². The van der Waals surface area contributed by atoms with Gasteiger partial charge in [-0.15, -0.1) is 9.36 Å². The zero-order chi connectivity index (χ0) is 10.9. The van der Waals surface area contributed by atoms with Crippen LogP contribution in [0.2, 0.25) is 0 Å². The SMILES string of the molecule is CCCCCC[n+]1ccn(CCCC)n1. The van der Waals surface area contributed by atoms with Gasteiger partial charge in [-0.1, -0.05) is 33.1 Å². The predicted molar refractivity (Wildman–Crippen MR) is 61.5 cm³/mol. The molecule has 0 N–H and O–H groups in total. The van der Waals surface area contributed by atoms with Gasteiger partial charge in [-0.05, 0) is 19.3 Å². The van der Waals surface area contributed by atoms with Crippen LogP contribution in [-0.4, -0.2) is 9.90 Å².